The third-order valence-electron chi connectivity index (χ3n) is 3.74. The second kappa shape index (κ2) is 9.13. The van der Waals surface area contributed by atoms with E-state index in [9.17, 15) is 9.90 Å². The molecule has 23 heavy (non-hydrogen) atoms. The first-order chi connectivity index (χ1) is 10.4. The first-order valence-corrected chi connectivity index (χ1v) is 8.06. The first-order valence-electron chi connectivity index (χ1n) is 8.06. The Morgan fingerprint density at radius 2 is 1.91 bits per heavy atom. The van der Waals surface area contributed by atoms with Crippen LogP contribution >= 0.6 is 0 Å². The van der Waals surface area contributed by atoms with Crippen molar-refractivity contribution in [3.05, 3.63) is 12.8 Å². The summed E-state index contributed by atoms with van der Waals surface area (Å²) in [4.78, 5) is 12.6. The molecule has 2 unspecified atom stereocenters. The van der Waals surface area contributed by atoms with E-state index in [1.54, 1.807) is 46.0 Å². The van der Waals surface area contributed by atoms with Gasteiger partial charge in [0.05, 0.1) is 25.3 Å². The number of ketones is 1. The summed E-state index contributed by atoms with van der Waals surface area (Å²) in [7, 11) is 1.59. The summed E-state index contributed by atoms with van der Waals surface area (Å²) in [5.74, 6) is -0.144. The van der Waals surface area contributed by atoms with Gasteiger partial charge in [0.1, 0.15) is 5.60 Å². The molecule has 0 saturated carbocycles. The van der Waals surface area contributed by atoms with Crippen molar-refractivity contribution in [1.29, 1.82) is 0 Å². The molecule has 1 N–H and O–H groups in total. The molecule has 0 amide bonds. The van der Waals surface area contributed by atoms with Gasteiger partial charge in [0, 0.05) is 12.1 Å². The number of carbonyl (C=O) groups excluding carboxylic acids is 1. The Hall–Kier alpha value is -1.27. The van der Waals surface area contributed by atoms with Crippen LogP contribution in [-0.2, 0) is 9.53 Å². The highest BCUT2D eigenvalue weighted by Gasteiger charge is 2.33. The normalized spacial score (nSPS) is 15.5. The van der Waals surface area contributed by atoms with Gasteiger partial charge >= 0.3 is 0 Å². The molecule has 6 nitrogen and oxygen atoms in total. The van der Waals surface area contributed by atoms with Gasteiger partial charge in [-0.3, -0.25) is 9.80 Å². The van der Waals surface area contributed by atoms with Crippen LogP contribution in [0, 0.1) is 5.92 Å². The predicted octanol–water partition coefficient (Wildman–Crippen LogP) is 3.37. The fraction of sp³-hybridized carbons (Fsp3) is 0.824. The topological polar surface area (TPSA) is 74.5 Å². The van der Waals surface area contributed by atoms with Crippen LogP contribution in [0.15, 0.2) is 23.1 Å². The van der Waals surface area contributed by atoms with Crippen LogP contribution in [0.1, 0.15) is 54.4 Å². The Kier molecular flexibility index (Phi) is 8.63. The zero-order chi connectivity index (χ0) is 18.3. The Bertz CT molecular complexity index is 414. The van der Waals surface area contributed by atoms with Crippen molar-refractivity contribution in [3.63, 3.8) is 0 Å². The molecule has 0 fully saturated rings. The molecule has 0 radical (unpaired) electrons. The molecular weight excluding hydrogens is 294 g/mol. The van der Waals surface area contributed by atoms with Crippen molar-refractivity contribution in [3.8, 4) is 0 Å². The Morgan fingerprint density at radius 3 is 2.35 bits per heavy atom. The average Bonchev–Trinajstić information content (AvgIpc) is 2.41. The highest BCUT2D eigenvalue weighted by molar-refractivity contribution is 5.88. The summed E-state index contributed by atoms with van der Waals surface area (Å²) < 4.78 is 5.72. The molecule has 0 aromatic rings. The third-order valence-corrected chi connectivity index (χ3v) is 3.74. The molecular formula is C17H33N3O3. The highest BCUT2D eigenvalue weighted by Crippen LogP contribution is 2.23. The quantitative estimate of drug-likeness (QED) is 0.466. The van der Waals surface area contributed by atoms with E-state index in [1.165, 1.54) is 0 Å². The lowest BCUT2D eigenvalue weighted by Crippen LogP contribution is -2.41. The Balaban J connectivity index is 4.64. The predicted molar refractivity (Wildman–Crippen MR) is 92.0 cm³/mol. The maximum absolute atomic E-state index is 12.6. The van der Waals surface area contributed by atoms with Gasteiger partial charge in [-0.2, -0.15) is 5.11 Å². The molecule has 0 aromatic heterocycles. The maximum atomic E-state index is 12.6. The van der Waals surface area contributed by atoms with Gasteiger partial charge < -0.3 is 9.84 Å². The number of carbonyl (C=O) groups is 1. The molecule has 0 aliphatic heterocycles. The number of hydrogen-bond donors (Lipinski definition) is 1. The van der Waals surface area contributed by atoms with Crippen LogP contribution in [-0.4, -0.2) is 46.8 Å². The van der Waals surface area contributed by atoms with Gasteiger partial charge in [-0.15, -0.1) is 0 Å². The minimum Gasteiger partial charge on any atom is -0.390 e. The SMILES string of the molecule is C=CN(N=NC)C(C)CC(C)C(=O)C(C)(C)OCCC(C)(C)O. The average molecular weight is 327 g/mol. The van der Waals surface area contributed by atoms with Gasteiger partial charge in [-0.1, -0.05) is 18.7 Å². The van der Waals surface area contributed by atoms with E-state index in [1.807, 2.05) is 13.8 Å². The standard InChI is InChI=1S/C17H33N3O3/c1-9-20(19-18-8)14(3)12-13(2)15(21)17(6,7)23-11-10-16(4,5)22/h9,13-14,22H,1,10-12H2,2-8H3. The number of aliphatic hydroxyl groups is 1. The third kappa shape index (κ3) is 8.23. The van der Waals surface area contributed by atoms with Gasteiger partial charge in [-0.25, -0.2) is 0 Å². The molecule has 0 aromatic carbocycles. The number of nitrogens with zero attached hydrogens (tertiary/aromatic N) is 3. The van der Waals surface area contributed by atoms with Crippen molar-refractivity contribution in [2.24, 2.45) is 16.3 Å². The van der Waals surface area contributed by atoms with Crippen molar-refractivity contribution >= 4 is 5.78 Å². The van der Waals surface area contributed by atoms with Gasteiger partial charge in [-0.05, 0) is 47.5 Å². The fourth-order valence-corrected chi connectivity index (χ4v) is 2.36. The number of hydrogen-bond acceptors (Lipinski definition) is 5. The van der Waals surface area contributed by atoms with Gasteiger partial charge in [0.25, 0.3) is 0 Å². The molecule has 0 spiro atoms. The van der Waals surface area contributed by atoms with Crippen LogP contribution in [0.25, 0.3) is 0 Å². The lowest BCUT2D eigenvalue weighted by molar-refractivity contribution is -0.146. The van der Waals surface area contributed by atoms with Crippen LogP contribution in [0.3, 0.4) is 0 Å². The summed E-state index contributed by atoms with van der Waals surface area (Å²) in [6.45, 7) is 14.9. The zero-order valence-electron chi connectivity index (χ0n) is 15.7. The molecule has 0 aliphatic carbocycles. The van der Waals surface area contributed by atoms with E-state index in [-0.39, 0.29) is 17.7 Å². The molecule has 2 atom stereocenters. The van der Waals surface area contributed by atoms with Crippen LogP contribution in [0.5, 0.6) is 0 Å². The van der Waals surface area contributed by atoms with Crippen LogP contribution < -0.4 is 0 Å². The van der Waals surface area contributed by atoms with Crippen molar-refractivity contribution in [2.45, 2.75) is 71.6 Å². The summed E-state index contributed by atoms with van der Waals surface area (Å²) in [5.41, 5.74) is -1.68. The largest absolute Gasteiger partial charge is 0.390 e. The molecule has 6 heteroatoms. The number of Topliss-reactive ketones (excluding diaryl/α,β-unsaturated/α-hetero) is 1. The first kappa shape index (κ1) is 21.7. The van der Waals surface area contributed by atoms with Crippen LogP contribution in [0.4, 0.5) is 0 Å². The summed E-state index contributed by atoms with van der Waals surface area (Å²) in [5, 5.41) is 19.1. The van der Waals surface area contributed by atoms with E-state index in [4.69, 9.17) is 4.74 Å². The Morgan fingerprint density at radius 1 is 1.35 bits per heavy atom. The second-order valence-electron chi connectivity index (χ2n) is 7.12. The lowest BCUT2D eigenvalue weighted by atomic mass is 9.88. The van der Waals surface area contributed by atoms with E-state index in [0.29, 0.717) is 19.4 Å². The summed E-state index contributed by atoms with van der Waals surface area (Å²) in [6.07, 6.45) is 2.71. The monoisotopic (exact) mass is 327 g/mol. The molecule has 134 valence electrons. The molecule has 0 heterocycles. The molecule has 0 saturated heterocycles. The summed E-state index contributed by atoms with van der Waals surface area (Å²) >= 11 is 0. The fourth-order valence-electron chi connectivity index (χ4n) is 2.36. The van der Waals surface area contributed by atoms with E-state index in [0.717, 1.165) is 0 Å². The minimum atomic E-state index is -0.879. The van der Waals surface area contributed by atoms with E-state index in [2.05, 4.69) is 16.9 Å². The van der Waals surface area contributed by atoms with Crippen molar-refractivity contribution in [2.75, 3.05) is 13.7 Å². The highest BCUT2D eigenvalue weighted by atomic mass is 16.5. The van der Waals surface area contributed by atoms with Crippen LogP contribution in [0.2, 0.25) is 0 Å². The van der Waals surface area contributed by atoms with Gasteiger partial charge in [0.2, 0.25) is 0 Å². The van der Waals surface area contributed by atoms with E-state index < -0.39 is 11.2 Å². The summed E-state index contributed by atoms with van der Waals surface area (Å²) in [6, 6.07) is 0.0160. The zero-order valence-corrected chi connectivity index (χ0v) is 15.7. The molecule has 0 rings (SSSR count). The number of ether oxygens (including phenoxy) is 1. The van der Waals surface area contributed by atoms with E-state index >= 15 is 0 Å². The molecule has 0 aliphatic rings. The number of rotatable bonds is 11. The minimum absolute atomic E-state index is 0.0160. The second-order valence-corrected chi connectivity index (χ2v) is 7.12. The van der Waals surface area contributed by atoms with Crippen molar-refractivity contribution in [1.82, 2.24) is 5.01 Å². The van der Waals surface area contributed by atoms with Gasteiger partial charge in [0.15, 0.2) is 5.78 Å². The maximum Gasteiger partial charge on any atom is 0.166 e. The smallest absolute Gasteiger partial charge is 0.166 e. The molecule has 0 bridgehead atoms. The van der Waals surface area contributed by atoms with Crippen molar-refractivity contribution < 1.29 is 14.6 Å². The lowest BCUT2D eigenvalue weighted by Gasteiger charge is -2.30. The Labute approximate surface area is 140 Å².